The molecule has 0 aromatic heterocycles. The molecule has 0 N–H and O–H groups in total. The molecule has 2 fully saturated rings. The van der Waals surface area contributed by atoms with Crippen molar-refractivity contribution in [1.82, 2.24) is 0 Å². The molecule has 3 heteroatoms. The van der Waals surface area contributed by atoms with Gasteiger partial charge in [0.25, 0.3) is 0 Å². The minimum atomic E-state index is -2.95. The van der Waals surface area contributed by atoms with Gasteiger partial charge < -0.3 is 0 Å². The standard InChI is InChI=1S/C25H48O2S/c1-4-7-9-11-19-25(28(26,27)6-3)20-17-24(18-21-25)23-15-13-22(14-16-23)12-10-8-5-2/h22-24H,4-21H2,1-3H3. The summed E-state index contributed by atoms with van der Waals surface area (Å²) in [5.41, 5.74) is 0. The van der Waals surface area contributed by atoms with E-state index < -0.39 is 9.84 Å². The summed E-state index contributed by atoms with van der Waals surface area (Å²) in [6, 6.07) is 0. The molecule has 2 nitrogen and oxygen atoms in total. The third-order valence-corrected chi connectivity index (χ3v) is 10.9. The molecule has 0 bridgehead atoms. The van der Waals surface area contributed by atoms with Gasteiger partial charge in [-0.05, 0) is 62.7 Å². The van der Waals surface area contributed by atoms with Crippen molar-refractivity contribution in [2.75, 3.05) is 5.75 Å². The Morgan fingerprint density at radius 2 is 1.29 bits per heavy atom. The van der Waals surface area contributed by atoms with E-state index in [-0.39, 0.29) is 4.75 Å². The van der Waals surface area contributed by atoms with Crippen LogP contribution in [0.25, 0.3) is 0 Å². The van der Waals surface area contributed by atoms with Crippen molar-refractivity contribution in [2.45, 2.75) is 135 Å². The lowest BCUT2D eigenvalue weighted by Gasteiger charge is -2.43. The van der Waals surface area contributed by atoms with Gasteiger partial charge in [0.05, 0.1) is 4.75 Å². The van der Waals surface area contributed by atoms with Gasteiger partial charge in [0.1, 0.15) is 0 Å². The lowest BCUT2D eigenvalue weighted by atomic mass is 9.68. The van der Waals surface area contributed by atoms with Gasteiger partial charge in [-0.25, -0.2) is 8.42 Å². The maximum atomic E-state index is 13.0. The minimum Gasteiger partial charge on any atom is -0.228 e. The second kappa shape index (κ2) is 12.0. The highest BCUT2D eigenvalue weighted by molar-refractivity contribution is 7.92. The Balaban J connectivity index is 1.84. The predicted molar refractivity (Wildman–Crippen MR) is 122 cm³/mol. The summed E-state index contributed by atoms with van der Waals surface area (Å²) in [6.45, 7) is 6.37. The summed E-state index contributed by atoms with van der Waals surface area (Å²) in [6.07, 6.45) is 21.2. The smallest absolute Gasteiger partial charge is 0.155 e. The number of sulfone groups is 1. The van der Waals surface area contributed by atoms with Crippen molar-refractivity contribution < 1.29 is 8.42 Å². The summed E-state index contributed by atoms with van der Waals surface area (Å²) in [5, 5.41) is 0. The van der Waals surface area contributed by atoms with E-state index >= 15 is 0 Å². The van der Waals surface area contributed by atoms with Crippen LogP contribution in [-0.2, 0) is 9.84 Å². The second-order valence-corrected chi connectivity index (χ2v) is 12.7. The fourth-order valence-corrected chi connectivity index (χ4v) is 8.09. The highest BCUT2D eigenvalue weighted by atomic mass is 32.2. The molecule has 2 saturated carbocycles. The average molecular weight is 413 g/mol. The average Bonchev–Trinajstić information content (AvgIpc) is 2.72. The van der Waals surface area contributed by atoms with E-state index in [9.17, 15) is 8.42 Å². The van der Waals surface area contributed by atoms with Crippen molar-refractivity contribution in [3.63, 3.8) is 0 Å². The maximum Gasteiger partial charge on any atom is 0.155 e. The molecule has 0 aromatic rings. The fourth-order valence-electron chi connectivity index (χ4n) is 6.17. The fraction of sp³-hybridized carbons (Fsp3) is 1.00. The van der Waals surface area contributed by atoms with E-state index in [1.54, 1.807) is 0 Å². The van der Waals surface area contributed by atoms with Crippen LogP contribution in [0.1, 0.15) is 130 Å². The predicted octanol–water partition coefficient (Wildman–Crippen LogP) is 7.71. The Kier molecular flexibility index (Phi) is 10.3. The lowest BCUT2D eigenvalue weighted by Crippen LogP contribution is -2.44. The third-order valence-electron chi connectivity index (χ3n) is 8.24. The minimum absolute atomic E-state index is 0.328. The zero-order valence-electron chi connectivity index (χ0n) is 19.2. The number of hydrogen-bond acceptors (Lipinski definition) is 2. The summed E-state index contributed by atoms with van der Waals surface area (Å²) in [5.74, 6) is 2.98. The first kappa shape index (κ1) is 24.2. The molecule has 166 valence electrons. The molecule has 2 aliphatic carbocycles. The van der Waals surface area contributed by atoms with E-state index in [0.29, 0.717) is 5.75 Å². The molecule has 0 spiro atoms. The monoisotopic (exact) mass is 412 g/mol. The Morgan fingerprint density at radius 3 is 1.86 bits per heavy atom. The highest BCUT2D eigenvalue weighted by Gasteiger charge is 2.45. The molecule has 0 aliphatic heterocycles. The van der Waals surface area contributed by atoms with Gasteiger partial charge >= 0.3 is 0 Å². The Labute approximate surface area is 176 Å². The zero-order chi connectivity index (χ0) is 20.5. The summed E-state index contributed by atoms with van der Waals surface area (Å²) >= 11 is 0. The van der Waals surface area contributed by atoms with Gasteiger partial charge in [-0.3, -0.25) is 0 Å². The van der Waals surface area contributed by atoms with Crippen LogP contribution in [0.5, 0.6) is 0 Å². The highest BCUT2D eigenvalue weighted by Crippen LogP contribution is 2.47. The van der Waals surface area contributed by atoms with Gasteiger partial charge in [0.15, 0.2) is 9.84 Å². The molecule has 0 atom stereocenters. The van der Waals surface area contributed by atoms with Crippen LogP contribution < -0.4 is 0 Å². The van der Waals surface area contributed by atoms with Crippen LogP contribution in [0.3, 0.4) is 0 Å². The quantitative estimate of drug-likeness (QED) is 0.308. The summed E-state index contributed by atoms with van der Waals surface area (Å²) in [4.78, 5) is 0. The maximum absolute atomic E-state index is 13.0. The molecule has 2 aliphatic rings. The third kappa shape index (κ3) is 6.47. The van der Waals surface area contributed by atoms with Crippen LogP contribution >= 0.6 is 0 Å². The molecule has 0 aromatic carbocycles. The normalized spacial score (nSPS) is 31.8. The first-order valence-corrected chi connectivity index (χ1v) is 14.4. The first-order valence-electron chi connectivity index (χ1n) is 12.7. The number of unbranched alkanes of at least 4 members (excludes halogenated alkanes) is 5. The van der Waals surface area contributed by atoms with E-state index in [2.05, 4.69) is 13.8 Å². The lowest BCUT2D eigenvalue weighted by molar-refractivity contribution is 0.145. The molecule has 0 heterocycles. The molecule has 0 radical (unpaired) electrons. The van der Waals surface area contributed by atoms with Crippen molar-refractivity contribution in [2.24, 2.45) is 17.8 Å². The van der Waals surface area contributed by atoms with Crippen LogP contribution in [0.4, 0.5) is 0 Å². The van der Waals surface area contributed by atoms with E-state index in [1.165, 1.54) is 70.6 Å². The molecule has 28 heavy (non-hydrogen) atoms. The van der Waals surface area contributed by atoms with Crippen LogP contribution in [0.15, 0.2) is 0 Å². The second-order valence-electron chi connectivity index (χ2n) is 10.0. The topological polar surface area (TPSA) is 34.1 Å². The molecular weight excluding hydrogens is 364 g/mol. The van der Waals surface area contributed by atoms with Gasteiger partial charge in [0, 0.05) is 5.75 Å². The number of hydrogen-bond donors (Lipinski definition) is 0. The van der Waals surface area contributed by atoms with Crippen molar-refractivity contribution in [3.05, 3.63) is 0 Å². The first-order chi connectivity index (χ1) is 13.5. The van der Waals surface area contributed by atoms with Gasteiger partial charge in [0.2, 0.25) is 0 Å². The molecular formula is C25H48O2S. The van der Waals surface area contributed by atoms with Crippen molar-refractivity contribution >= 4 is 9.84 Å². The van der Waals surface area contributed by atoms with Crippen LogP contribution in [0.2, 0.25) is 0 Å². The number of rotatable bonds is 12. The molecule has 0 saturated heterocycles. The summed E-state index contributed by atoms with van der Waals surface area (Å²) in [7, 11) is -2.95. The Hall–Kier alpha value is -0.0500. The van der Waals surface area contributed by atoms with Crippen LogP contribution in [-0.4, -0.2) is 18.9 Å². The molecule has 0 amide bonds. The largest absolute Gasteiger partial charge is 0.228 e. The molecule has 0 unspecified atom stereocenters. The molecule has 2 rings (SSSR count). The van der Waals surface area contributed by atoms with Crippen LogP contribution in [0, 0.1) is 17.8 Å². The SMILES string of the molecule is CCCCCCC1(S(=O)(=O)CC)CCC(C2CCC(CCCCC)CC2)CC1. The summed E-state index contributed by atoms with van der Waals surface area (Å²) < 4.78 is 25.6. The van der Waals surface area contributed by atoms with E-state index in [4.69, 9.17) is 0 Å². The van der Waals surface area contributed by atoms with E-state index in [1.807, 2.05) is 6.92 Å². The van der Waals surface area contributed by atoms with Crippen molar-refractivity contribution in [1.29, 1.82) is 0 Å². The van der Waals surface area contributed by atoms with Crippen molar-refractivity contribution in [3.8, 4) is 0 Å². The zero-order valence-corrected chi connectivity index (χ0v) is 20.0. The van der Waals surface area contributed by atoms with Gasteiger partial charge in [-0.2, -0.15) is 0 Å². The Bertz CT molecular complexity index is 509. The van der Waals surface area contributed by atoms with Gasteiger partial charge in [-0.15, -0.1) is 0 Å². The van der Waals surface area contributed by atoms with E-state index in [0.717, 1.165) is 56.3 Å². The Morgan fingerprint density at radius 1 is 0.714 bits per heavy atom. The van der Waals surface area contributed by atoms with Gasteiger partial charge in [-0.1, -0.05) is 85.0 Å².